The SMILES string of the molecule is COc1ccc(CN2C(=O)C(=O)/C(=C(/O)c3cc(OC)ccc3Cl)C2c2ccc(C(C)(C)C)cc2)cc1. The van der Waals surface area contributed by atoms with Gasteiger partial charge in [0.15, 0.2) is 0 Å². The number of nitrogens with zero attached hydrogens (tertiary/aromatic N) is 1. The molecule has 0 saturated carbocycles. The average Bonchev–Trinajstić information content (AvgIpc) is 3.13. The molecule has 0 radical (unpaired) electrons. The van der Waals surface area contributed by atoms with Crippen LogP contribution in [-0.2, 0) is 21.5 Å². The van der Waals surface area contributed by atoms with Crippen LogP contribution in [0, 0.1) is 0 Å². The lowest BCUT2D eigenvalue weighted by Gasteiger charge is -2.27. The van der Waals surface area contributed by atoms with E-state index < -0.39 is 17.7 Å². The quantitative estimate of drug-likeness (QED) is 0.236. The van der Waals surface area contributed by atoms with Crippen molar-refractivity contribution in [3.8, 4) is 11.5 Å². The first-order chi connectivity index (χ1) is 17.5. The van der Waals surface area contributed by atoms with E-state index in [9.17, 15) is 14.7 Å². The largest absolute Gasteiger partial charge is 0.507 e. The minimum absolute atomic E-state index is 0.0165. The summed E-state index contributed by atoms with van der Waals surface area (Å²) >= 11 is 6.40. The topological polar surface area (TPSA) is 76.1 Å². The number of methoxy groups -OCH3 is 2. The van der Waals surface area contributed by atoms with E-state index in [2.05, 4.69) is 20.8 Å². The number of hydrogen-bond donors (Lipinski definition) is 1. The maximum atomic E-state index is 13.4. The number of rotatable bonds is 6. The zero-order valence-electron chi connectivity index (χ0n) is 21.5. The van der Waals surface area contributed by atoms with E-state index >= 15 is 0 Å². The van der Waals surface area contributed by atoms with Gasteiger partial charge in [-0.2, -0.15) is 0 Å². The van der Waals surface area contributed by atoms with Crippen molar-refractivity contribution < 1.29 is 24.2 Å². The number of ketones is 1. The van der Waals surface area contributed by atoms with Crippen LogP contribution in [0.4, 0.5) is 0 Å². The number of benzene rings is 3. The summed E-state index contributed by atoms with van der Waals surface area (Å²) in [7, 11) is 3.08. The van der Waals surface area contributed by atoms with Gasteiger partial charge >= 0.3 is 0 Å². The molecule has 1 atom stereocenters. The normalized spacial score (nSPS) is 17.2. The van der Waals surface area contributed by atoms with E-state index in [0.717, 1.165) is 11.1 Å². The third-order valence-corrected chi connectivity index (χ3v) is 6.90. The Morgan fingerprint density at radius 3 is 2.08 bits per heavy atom. The van der Waals surface area contributed by atoms with Crippen LogP contribution in [0.5, 0.6) is 11.5 Å². The molecule has 7 heteroatoms. The molecule has 1 saturated heterocycles. The van der Waals surface area contributed by atoms with Gasteiger partial charge in [0, 0.05) is 12.1 Å². The Bertz CT molecular complexity index is 1350. The number of halogens is 1. The molecule has 0 bridgehead atoms. The van der Waals surface area contributed by atoms with Gasteiger partial charge in [0.25, 0.3) is 11.7 Å². The number of ether oxygens (including phenoxy) is 2. The highest BCUT2D eigenvalue weighted by atomic mass is 35.5. The summed E-state index contributed by atoms with van der Waals surface area (Å²) in [5.41, 5.74) is 2.77. The van der Waals surface area contributed by atoms with Crippen molar-refractivity contribution >= 4 is 29.1 Å². The average molecular weight is 520 g/mol. The molecule has 3 aromatic carbocycles. The number of aliphatic hydroxyl groups is 1. The lowest BCUT2D eigenvalue weighted by atomic mass is 9.85. The zero-order valence-corrected chi connectivity index (χ0v) is 22.3. The van der Waals surface area contributed by atoms with E-state index in [1.807, 2.05) is 36.4 Å². The van der Waals surface area contributed by atoms with Crippen LogP contribution < -0.4 is 9.47 Å². The molecule has 1 N–H and O–H groups in total. The molecule has 1 fully saturated rings. The number of carbonyl (C=O) groups is 2. The summed E-state index contributed by atoms with van der Waals surface area (Å²) in [5, 5.41) is 11.6. The summed E-state index contributed by atoms with van der Waals surface area (Å²) in [6, 6.07) is 19.0. The van der Waals surface area contributed by atoms with Crippen molar-refractivity contribution in [3.05, 3.63) is 99.6 Å². The number of hydrogen-bond acceptors (Lipinski definition) is 5. The lowest BCUT2D eigenvalue weighted by molar-refractivity contribution is -0.140. The summed E-state index contributed by atoms with van der Waals surface area (Å²) < 4.78 is 10.5. The Hall–Kier alpha value is -3.77. The molecule has 4 rings (SSSR count). The minimum atomic E-state index is -0.807. The van der Waals surface area contributed by atoms with Crippen LogP contribution in [-0.4, -0.2) is 35.9 Å². The number of amides is 1. The Balaban J connectivity index is 1.87. The molecular weight excluding hydrogens is 490 g/mol. The molecule has 0 aromatic heterocycles. The summed E-state index contributed by atoms with van der Waals surface area (Å²) in [6.45, 7) is 6.51. The molecule has 1 amide bonds. The first-order valence-corrected chi connectivity index (χ1v) is 12.3. The summed E-state index contributed by atoms with van der Waals surface area (Å²) in [6.07, 6.45) is 0. The molecular formula is C30H30ClNO5. The highest BCUT2D eigenvalue weighted by Crippen LogP contribution is 2.42. The fourth-order valence-corrected chi connectivity index (χ4v) is 4.65. The van der Waals surface area contributed by atoms with Gasteiger partial charge in [0.2, 0.25) is 0 Å². The van der Waals surface area contributed by atoms with Crippen LogP contribution in [0.2, 0.25) is 5.02 Å². The third kappa shape index (κ3) is 5.20. The number of carbonyl (C=O) groups excluding carboxylic acids is 2. The van der Waals surface area contributed by atoms with Crippen molar-refractivity contribution in [3.63, 3.8) is 0 Å². The van der Waals surface area contributed by atoms with E-state index in [4.69, 9.17) is 21.1 Å². The molecule has 37 heavy (non-hydrogen) atoms. The molecule has 1 aliphatic heterocycles. The van der Waals surface area contributed by atoms with Crippen molar-refractivity contribution in [1.82, 2.24) is 4.90 Å². The summed E-state index contributed by atoms with van der Waals surface area (Å²) in [5.74, 6) is -0.655. The highest BCUT2D eigenvalue weighted by Gasteiger charge is 2.46. The van der Waals surface area contributed by atoms with E-state index in [0.29, 0.717) is 17.1 Å². The lowest BCUT2D eigenvalue weighted by Crippen LogP contribution is -2.29. The zero-order chi connectivity index (χ0) is 26.9. The van der Waals surface area contributed by atoms with Crippen LogP contribution in [0.3, 0.4) is 0 Å². The van der Waals surface area contributed by atoms with Gasteiger partial charge < -0.3 is 19.5 Å². The molecule has 192 valence electrons. The smallest absolute Gasteiger partial charge is 0.295 e. The van der Waals surface area contributed by atoms with Gasteiger partial charge in [0.05, 0.1) is 30.9 Å². The predicted molar refractivity (Wildman–Crippen MR) is 144 cm³/mol. The molecule has 3 aromatic rings. The first-order valence-electron chi connectivity index (χ1n) is 11.9. The van der Waals surface area contributed by atoms with Gasteiger partial charge in [-0.1, -0.05) is 68.8 Å². The van der Waals surface area contributed by atoms with Crippen molar-refractivity contribution in [2.45, 2.75) is 38.8 Å². The number of aliphatic hydroxyl groups excluding tert-OH is 1. The van der Waals surface area contributed by atoms with Crippen molar-refractivity contribution in [1.29, 1.82) is 0 Å². The van der Waals surface area contributed by atoms with Crippen molar-refractivity contribution in [2.75, 3.05) is 14.2 Å². The second kappa shape index (κ2) is 10.3. The van der Waals surface area contributed by atoms with Crippen LogP contribution in [0.15, 0.2) is 72.3 Å². The Labute approximate surface area is 222 Å². The maximum Gasteiger partial charge on any atom is 0.295 e. The van der Waals surface area contributed by atoms with E-state index in [1.165, 1.54) is 12.0 Å². The van der Waals surface area contributed by atoms with Crippen LogP contribution in [0.25, 0.3) is 5.76 Å². The molecule has 0 aliphatic carbocycles. The standard InChI is InChI=1S/C30H30ClNO5/c1-30(2,3)20-10-8-19(9-11-20)26-25(27(33)23-16-22(37-5)14-15-24(23)31)28(34)29(35)32(26)17-18-6-12-21(36-4)13-7-18/h6-16,26,33H,17H2,1-5H3/b27-25+. The van der Waals surface area contributed by atoms with Crippen molar-refractivity contribution in [2.24, 2.45) is 0 Å². The molecule has 1 aliphatic rings. The highest BCUT2D eigenvalue weighted by molar-refractivity contribution is 6.47. The number of Topliss-reactive ketones (excluding diaryl/α,β-unsaturated/α-hetero) is 1. The molecule has 6 nitrogen and oxygen atoms in total. The molecule has 0 spiro atoms. The molecule has 1 heterocycles. The van der Waals surface area contributed by atoms with Gasteiger partial charge in [-0.3, -0.25) is 9.59 Å². The number of likely N-dealkylation sites (tertiary alicyclic amines) is 1. The Morgan fingerprint density at radius 1 is 0.919 bits per heavy atom. The minimum Gasteiger partial charge on any atom is -0.507 e. The van der Waals surface area contributed by atoms with Gasteiger partial charge in [-0.25, -0.2) is 0 Å². The maximum absolute atomic E-state index is 13.4. The van der Waals surface area contributed by atoms with E-state index in [-0.39, 0.29) is 33.9 Å². The monoisotopic (exact) mass is 519 g/mol. The fourth-order valence-electron chi connectivity index (χ4n) is 4.44. The Morgan fingerprint density at radius 2 is 1.51 bits per heavy atom. The second-order valence-electron chi connectivity index (χ2n) is 9.99. The fraction of sp³-hybridized carbons (Fsp3) is 0.267. The first kappa shape index (κ1) is 26.3. The second-order valence-corrected chi connectivity index (χ2v) is 10.4. The summed E-state index contributed by atoms with van der Waals surface area (Å²) in [4.78, 5) is 28.2. The van der Waals surface area contributed by atoms with Gasteiger partial charge in [-0.15, -0.1) is 0 Å². The van der Waals surface area contributed by atoms with Crippen LogP contribution in [0.1, 0.15) is 49.1 Å². The van der Waals surface area contributed by atoms with E-state index in [1.54, 1.807) is 37.4 Å². The molecule has 1 unspecified atom stereocenters. The van der Waals surface area contributed by atoms with Gasteiger partial charge in [-0.05, 0) is 52.4 Å². The third-order valence-electron chi connectivity index (χ3n) is 6.57. The van der Waals surface area contributed by atoms with Gasteiger partial charge in [0.1, 0.15) is 17.3 Å². The Kier molecular flexibility index (Phi) is 7.32. The predicted octanol–water partition coefficient (Wildman–Crippen LogP) is 6.28. The van der Waals surface area contributed by atoms with Crippen LogP contribution >= 0.6 is 11.6 Å².